The van der Waals surface area contributed by atoms with Crippen LogP contribution >= 0.6 is 0 Å². The highest BCUT2D eigenvalue weighted by molar-refractivity contribution is 5.78. The molecule has 1 heterocycles. The van der Waals surface area contributed by atoms with Crippen LogP contribution < -0.4 is 0 Å². The number of benzene rings is 2. The Morgan fingerprint density at radius 1 is 1.11 bits per heavy atom. The van der Waals surface area contributed by atoms with Crippen molar-refractivity contribution in [3.8, 4) is 11.1 Å². The number of ether oxygens (including phenoxy) is 1. The zero-order valence-corrected chi connectivity index (χ0v) is 16.4. The molecule has 5 atom stereocenters. The van der Waals surface area contributed by atoms with E-state index in [-0.39, 0.29) is 12.1 Å². The summed E-state index contributed by atoms with van der Waals surface area (Å²) < 4.78 is 5.74. The monoisotopic (exact) mass is 377 g/mol. The Morgan fingerprint density at radius 3 is 2.29 bits per heavy atom. The van der Waals surface area contributed by atoms with Gasteiger partial charge in [-0.05, 0) is 47.9 Å². The molecule has 0 bridgehead atoms. The van der Waals surface area contributed by atoms with Crippen molar-refractivity contribution in [2.75, 3.05) is 13.7 Å². The van der Waals surface area contributed by atoms with Crippen LogP contribution in [0, 0.1) is 11.8 Å². The Labute approximate surface area is 166 Å². The van der Waals surface area contributed by atoms with Crippen LogP contribution in [-0.2, 0) is 9.53 Å². The van der Waals surface area contributed by atoms with Crippen LogP contribution in [0.15, 0.2) is 48.5 Å². The largest absolute Gasteiger partial charge is 0.481 e. The van der Waals surface area contributed by atoms with E-state index >= 15 is 0 Å². The Morgan fingerprint density at radius 2 is 1.71 bits per heavy atom. The molecular formula is C24H27NO3. The second kappa shape index (κ2) is 6.71. The topological polar surface area (TPSA) is 49.8 Å². The number of fused-ring (bicyclic) bond motifs is 4. The highest BCUT2D eigenvalue weighted by Gasteiger charge is 2.55. The van der Waals surface area contributed by atoms with Crippen molar-refractivity contribution in [2.45, 2.75) is 43.9 Å². The molecule has 4 nitrogen and oxygen atoms in total. The molecule has 2 aliphatic carbocycles. The predicted molar refractivity (Wildman–Crippen MR) is 108 cm³/mol. The predicted octanol–water partition coefficient (Wildman–Crippen LogP) is 4.00. The van der Waals surface area contributed by atoms with Gasteiger partial charge in [-0.15, -0.1) is 0 Å². The van der Waals surface area contributed by atoms with E-state index in [1.165, 1.54) is 28.7 Å². The van der Waals surface area contributed by atoms with Gasteiger partial charge in [0.25, 0.3) is 0 Å². The van der Waals surface area contributed by atoms with E-state index in [1.807, 2.05) is 0 Å². The first kappa shape index (κ1) is 17.9. The van der Waals surface area contributed by atoms with Crippen molar-refractivity contribution in [2.24, 2.45) is 11.8 Å². The molecule has 3 aliphatic rings. The van der Waals surface area contributed by atoms with Crippen molar-refractivity contribution in [1.82, 2.24) is 4.90 Å². The molecule has 0 amide bonds. The number of rotatable bonds is 6. The summed E-state index contributed by atoms with van der Waals surface area (Å²) in [6.07, 6.45) is 2.03. The van der Waals surface area contributed by atoms with Crippen molar-refractivity contribution in [3.05, 3.63) is 59.7 Å². The summed E-state index contributed by atoms with van der Waals surface area (Å²) in [5.41, 5.74) is 5.47. The number of methoxy groups -OCH3 is 1. The van der Waals surface area contributed by atoms with Gasteiger partial charge in [-0.2, -0.15) is 0 Å². The number of hydrogen-bond donors (Lipinski definition) is 1. The van der Waals surface area contributed by atoms with Crippen LogP contribution in [0.3, 0.4) is 0 Å². The van der Waals surface area contributed by atoms with E-state index in [0.717, 1.165) is 13.0 Å². The zero-order valence-electron chi connectivity index (χ0n) is 16.4. The number of carbonyl (C=O) groups is 1. The van der Waals surface area contributed by atoms with Crippen LogP contribution in [0.4, 0.5) is 0 Å². The van der Waals surface area contributed by atoms with Gasteiger partial charge in [0.15, 0.2) is 0 Å². The molecule has 1 saturated carbocycles. The summed E-state index contributed by atoms with van der Waals surface area (Å²) in [5.74, 6) is -0.232. The number of nitrogens with zero attached hydrogens (tertiary/aromatic N) is 1. The molecule has 4 heteroatoms. The number of carboxylic acid groups (broad SMARTS) is 1. The van der Waals surface area contributed by atoms with Crippen LogP contribution in [0.5, 0.6) is 0 Å². The standard InChI is InChI=1S/C24H27NO3/c1-14(24(26)27)23(28-2)22-12-15-11-21(15)25(22)13-20-18-9-5-3-7-16(18)17-8-4-6-10-19(17)20/h3-10,14-15,20-23H,11-13H2,1-2H3,(H,26,27)/t14?,15?,21?,22-,23?/m0/s1. The van der Waals surface area contributed by atoms with Crippen LogP contribution in [0.25, 0.3) is 11.1 Å². The summed E-state index contributed by atoms with van der Waals surface area (Å²) in [6.45, 7) is 2.71. The van der Waals surface area contributed by atoms with Crippen LogP contribution in [0.2, 0.25) is 0 Å². The zero-order chi connectivity index (χ0) is 19.4. The van der Waals surface area contributed by atoms with Crippen molar-refractivity contribution in [1.29, 1.82) is 0 Å². The average molecular weight is 377 g/mol. The number of likely N-dealkylation sites (tertiary alicyclic amines) is 1. The number of aliphatic carboxylic acids is 1. The normalized spacial score (nSPS) is 27.7. The Bertz CT molecular complexity index is 865. The van der Waals surface area contributed by atoms with Gasteiger partial charge < -0.3 is 9.84 Å². The number of carboxylic acids is 1. The molecule has 146 valence electrons. The second-order valence-corrected chi connectivity index (χ2v) is 8.62. The molecule has 2 aromatic carbocycles. The highest BCUT2D eigenvalue weighted by Crippen LogP contribution is 2.52. The first-order valence-corrected chi connectivity index (χ1v) is 10.3. The van der Waals surface area contributed by atoms with E-state index in [4.69, 9.17) is 4.74 Å². The third-order valence-electron chi connectivity index (χ3n) is 7.17. The van der Waals surface area contributed by atoms with E-state index in [9.17, 15) is 9.90 Å². The summed E-state index contributed by atoms with van der Waals surface area (Å²) >= 11 is 0. The molecule has 2 aromatic rings. The summed E-state index contributed by atoms with van der Waals surface area (Å²) in [7, 11) is 1.66. The highest BCUT2D eigenvalue weighted by atomic mass is 16.5. The fraction of sp³-hybridized carbons (Fsp3) is 0.458. The molecule has 0 spiro atoms. The second-order valence-electron chi connectivity index (χ2n) is 8.62. The number of hydrogen-bond acceptors (Lipinski definition) is 3. The van der Waals surface area contributed by atoms with Gasteiger partial charge in [0, 0.05) is 31.7 Å². The van der Waals surface area contributed by atoms with Crippen molar-refractivity contribution < 1.29 is 14.6 Å². The van der Waals surface area contributed by atoms with E-state index in [1.54, 1.807) is 14.0 Å². The minimum absolute atomic E-state index is 0.180. The molecule has 1 saturated heterocycles. The van der Waals surface area contributed by atoms with Crippen LogP contribution in [-0.4, -0.2) is 47.8 Å². The molecule has 4 unspecified atom stereocenters. The van der Waals surface area contributed by atoms with Crippen molar-refractivity contribution in [3.63, 3.8) is 0 Å². The van der Waals surface area contributed by atoms with Gasteiger partial charge in [-0.3, -0.25) is 9.69 Å². The maximum absolute atomic E-state index is 11.6. The Hall–Kier alpha value is -2.17. The summed E-state index contributed by atoms with van der Waals surface area (Å²) in [4.78, 5) is 14.2. The molecular weight excluding hydrogens is 350 g/mol. The molecule has 0 radical (unpaired) electrons. The molecule has 28 heavy (non-hydrogen) atoms. The fourth-order valence-corrected chi connectivity index (χ4v) is 5.68. The minimum Gasteiger partial charge on any atom is -0.481 e. The SMILES string of the molecule is COC(C(C)C(=O)O)[C@@H]1CC2CC2N1CC1c2ccccc2-c2ccccc21. The van der Waals surface area contributed by atoms with Gasteiger partial charge in [0.1, 0.15) is 0 Å². The molecule has 1 N–H and O–H groups in total. The third kappa shape index (κ3) is 2.70. The molecule has 5 rings (SSSR count). The maximum Gasteiger partial charge on any atom is 0.308 e. The van der Waals surface area contributed by atoms with Crippen LogP contribution in [0.1, 0.15) is 36.8 Å². The quantitative estimate of drug-likeness (QED) is 0.827. The van der Waals surface area contributed by atoms with E-state index in [2.05, 4.69) is 53.4 Å². The van der Waals surface area contributed by atoms with E-state index < -0.39 is 11.9 Å². The smallest absolute Gasteiger partial charge is 0.308 e. The average Bonchev–Trinajstić information content (AvgIpc) is 3.30. The lowest BCUT2D eigenvalue weighted by molar-refractivity contribution is -0.148. The molecule has 1 aliphatic heterocycles. The van der Waals surface area contributed by atoms with Gasteiger partial charge in [0.2, 0.25) is 0 Å². The Kier molecular flexibility index (Phi) is 4.29. The maximum atomic E-state index is 11.6. The minimum atomic E-state index is -0.774. The Balaban J connectivity index is 1.47. The third-order valence-corrected chi connectivity index (χ3v) is 7.17. The first-order valence-electron chi connectivity index (χ1n) is 10.3. The van der Waals surface area contributed by atoms with Gasteiger partial charge in [-0.25, -0.2) is 0 Å². The lowest BCUT2D eigenvalue weighted by atomic mass is 9.92. The summed E-state index contributed by atoms with van der Waals surface area (Å²) in [6, 6.07) is 18.2. The first-order chi connectivity index (χ1) is 13.6. The fourth-order valence-electron chi connectivity index (χ4n) is 5.68. The lowest BCUT2D eigenvalue weighted by Crippen LogP contribution is -2.48. The summed E-state index contributed by atoms with van der Waals surface area (Å²) in [5, 5.41) is 9.55. The lowest BCUT2D eigenvalue weighted by Gasteiger charge is -2.36. The van der Waals surface area contributed by atoms with E-state index in [0.29, 0.717) is 17.9 Å². The van der Waals surface area contributed by atoms with Crippen molar-refractivity contribution >= 4 is 5.97 Å². The number of piperidine rings is 1. The van der Waals surface area contributed by atoms with Gasteiger partial charge >= 0.3 is 5.97 Å². The molecule has 2 fully saturated rings. The van der Waals surface area contributed by atoms with Gasteiger partial charge in [-0.1, -0.05) is 48.5 Å². The van der Waals surface area contributed by atoms with Gasteiger partial charge in [0.05, 0.1) is 12.0 Å². The molecule has 0 aromatic heterocycles.